The predicted molar refractivity (Wildman–Crippen MR) is 126 cm³/mol. The van der Waals surface area contributed by atoms with Gasteiger partial charge in [-0.1, -0.05) is 12.1 Å². The van der Waals surface area contributed by atoms with Gasteiger partial charge in [0, 0.05) is 23.7 Å². The highest BCUT2D eigenvalue weighted by atomic mass is 16.5. The molecule has 32 heavy (non-hydrogen) atoms. The Morgan fingerprint density at radius 3 is 2.47 bits per heavy atom. The summed E-state index contributed by atoms with van der Waals surface area (Å²) >= 11 is 0. The number of amides is 1. The van der Waals surface area contributed by atoms with Gasteiger partial charge in [-0.05, 0) is 50.6 Å². The van der Waals surface area contributed by atoms with Gasteiger partial charge in [0.25, 0.3) is 0 Å². The third kappa shape index (κ3) is 7.37. The largest absolute Gasteiger partial charge is 0.497 e. The van der Waals surface area contributed by atoms with Crippen LogP contribution in [0.15, 0.2) is 47.5 Å². The number of anilines is 1. The van der Waals surface area contributed by atoms with Crippen molar-refractivity contribution in [1.29, 1.82) is 0 Å². The third-order valence-electron chi connectivity index (χ3n) is 4.52. The summed E-state index contributed by atoms with van der Waals surface area (Å²) in [4.78, 5) is 16.9. The lowest BCUT2D eigenvalue weighted by molar-refractivity contribution is -0.121. The molecule has 0 aromatic heterocycles. The maximum Gasteiger partial charge on any atom is 0.239 e. The number of aliphatic imine (C=N–C) groups is 1. The highest BCUT2D eigenvalue weighted by Crippen LogP contribution is 2.32. The highest BCUT2D eigenvalue weighted by Gasteiger charge is 2.15. The first-order valence-corrected chi connectivity index (χ1v) is 10.7. The Balaban J connectivity index is 1.73. The van der Waals surface area contributed by atoms with Crippen molar-refractivity contribution in [1.82, 2.24) is 10.6 Å². The third-order valence-corrected chi connectivity index (χ3v) is 4.52. The standard InChI is InChI=1S/C24H32N4O4/c1-24(2,3)28-22(29)16-26-23(25-15-17-6-9-19(30-4)10-7-17)27-18-8-11-20-21(14-18)32-13-5-12-31-20/h6-11,14H,5,12-13,15-16H2,1-4H3,(H,28,29)(H2,25,26,27). The van der Waals surface area contributed by atoms with E-state index in [0.29, 0.717) is 31.5 Å². The van der Waals surface area contributed by atoms with Gasteiger partial charge in [-0.15, -0.1) is 0 Å². The molecule has 2 aromatic carbocycles. The average Bonchev–Trinajstić information content (AvgIpc) is 3.00. The van der Waals surface area contributed by atoms with E-state index in [0.717, 1.165) is 29.2 Å². The van der Waals surface area contributed by atoms with Crippen LogP contribution in [0.3, 0.4) is 0 Å². The Hall–Kier alpha value is -3.42. The fraction of sp³-hybridized carbons (Fsp3) is 0.417. The summed E-state index contributed by atoms with van der Waals surface area (Å²) in [6.07, 6.45) is 0.844. The number of benzene rings is 2. The molecule has 0 saturated carbocycles. The van der Waals surface area contributed by atoms with Crippen molar-refractivity contribution in [2.45, 2.75) is 39.3 Å². The number of hydrogen-bond acceptors (Lipinski definition) is 5. The fourth-order valence-corrected chi connectivity index (χ4v) is 3.05. The molecular weight excluding hydrogens is 408 g/mol. The minimum Gasteiger partial charge on any atom is -0.497 e. The van der Waals surface area contributed by atoms with Gasteiger partial charge in [0.05, 0.1) is 33.4 Å². The Morgan fingerprint density at radius 1 is 1.06 bits per heavy atom. The molecule has 0 spiro atoms. The lowest BCUT2D eigenvalue weighted by Gasteiger charge is -2.21. The lowest BCUT2D eigenvalue weighted by atomic mass is 10.1. The van der Waals surface area contributed by atoms with Crippen molar-refractivity contribution in [2.24, 2.45) is 4.99 Å². The zero-order valence-electron chi connectivity index (χ0n) is 19.2. The molecule has 2 aromatic rings. The molecule has 8 heteroatoms. The molecule has 3 rings (SSSR count). The van der Waals surface area contributed by atoms with Crippen molar-refractivity contribution < 1.29 is 19.0 Å². The number of methoxy groups -OCH3 is 1. The molecule has 0 aliphatic carbocycles. The van der Waals surface area contributed by atoms with Crippen molar-refractivity contribution in [3.63, 3.8) is 0 Å². The Bertz CT molecular complexity index is 936. The molecule has 0 fully saturated rings. The molecule has 0 saturated heterocycles. The second kappa shape index (κ2) is 10.7. The van der Waals surface area contributed by atoms with Gasteiger partial charge < -0.3 is 30.2 Å². The number of carbonyl (C=O) groups is 1. The van der Waals surface area contributed by atoms with Gasteiger partial charge in [0.2, 0.25) is 5.91 Å². The molecule has 0 unspecified atom stereocenters. The van der Waals surface area contributed by atoms with E-state index in [-0.39, 0.29) is 18.0 Å². The zero-order valence-corrected chi connectivity index (χ0v) is 19.2. The van der Waals surface area contributed by atoms with Gasteiger partial charge >= 0.3 is 0 Å². The summed E-state index contributed by atoms with van der Waals surface area (Å²) in [6, 6.07) is 13.3. The maximum absolute atomic E-state index is 12.3. The first kappa shape index (κ1) is 23.2. The molecule has 1 aliphatic rings. The van der Waals surface area contributed by atoms with E-state index >= 15 is 0 Å². The van der Waals surface area contributed by atoms with Gasteiger partial charge in [-0.25, -0.2) is 4.99 Å². The minimum atomic E-state index is -0.305. The van der Waals surface area contributed by atoms with E-state index in [1.807, 2.05) is 63.2 Å². The summed E-state index contributed by atoms with van der Waals surface area (Å²) in [5, 5.41) is 9.30. The highest BCUT2D eigenvalue weighted by molar-refractivity contribution is 5.96. The zero-order chi connectivity index (χ0) is 23.0. The summed E-state index contributed by atoms with van der Waals surface area (Å²) in [5.74, 6) is 2.57. The number of rotatable bonds is 6. The Labute approximate surface area is 189 Å². The SMILES string of the molecule is COc1ccc(CN=C(NCC(=O)NC(C)(C)C)Nc2ccc3c(c2)OCCCO3)cc1. The molecule has 1 heterocycles. The van der Waals surface area contributed by atoms with Gasteiger partial charge in [0.1, 0.15) is 5.75 Å². The predicted octanol–water partition coefficient (Wildman–Crippen LogP) is 3.33. The lowest BCUT2D eigenvalue weighted by Crippen LogP contribution is -2.46. The molecule has 0 radical (unpaired) electrons. The normalized spacial score (nSPS) is 13.7. The first-order valence-electron chi connectivity index (χ1n) is 10.7. The van der Waals surface area contributed by atoms with Gasteiger partial charge in [0.15, 0.2) is 17.5 Å². The number of fused-ring (bicyclic) bond motifs is 1. The Morgan fingerprint density at radius 2 is 1.78 bits per heavy atom. The van der Waals surface area contributed by atoms with E-state index in [9.17, 15) is 4.79 Å². The smallest absolute Gasteiger partial charge is 0.239 e. The van der Waals surface area contributed by atoms with E-state index in [1.165, 1.54) is 0 Å². The van der Waals surface area contributed by atoms with Crippen molar-refractivity contribution in [2.75, 3.05) is 32.2 Å². The number of guanidine groups is 1. The van der Waals surface area contributed by atoms with Crippen LogP contribution >= 0.6 is 0 Å². The molecule has 3 N–H and O–H groups in total. The molecule has 172 valence electrons. The monoisotopic (exact) mass is 440 g/mol. The van der Waals surface area contributed by atoms with Crippen LogP contribution in [0.5, 0.6) is 17.2 Å². The molecule has 0 atom stereocenters. The summed E-state index contributed by atoms with van der Waals surface area (Å²) in [7, 11) is 1.64. The minimum absolute atomic E-state index is 0.0935. The number of nitrogens with one attached hydrogen (secondary N) is 3. The second-order valence-corrected chi connectivity index (χ2v) is 8.50. The molecule has 0 bridgehead atoms. The van der Waals surface area contributed by atoms with Crippen LogP contribution in [0, 0.1) is 0 Å². The molecule has 1 aliphatic heterocycles. The van der Waals surface area contributed by atoms with Gasteiger partial charge in [-0.2, -0.15) is 0 Å². The molecular formula is C24H32N4O4. The van der Waals surface area contributed by atoms with E-state index in [2.05, 4.69) is 20.9 Å². The average molecular weight is 441 g/mol. The van der Waals surface area contributed by atoms with Crippen LogP contribution in [0.25, 0.3) is 0 Å². The van der Waals surface area contributed by atoms with Crippen molar-refractivity contribution >= 4 is 17.6 Å². The topological polar surface area (TPSA) is 93.2 Å². The van der Waals surface area contributed by atoms with Crippen molar-refractivity contribution in [3.8, 4) is 17.2 Å². The number of hydrogen-bond donors (Lipinski definition) is 3. The maximum atomic E-state index is 12.3. The summed E-state index contributed by atoms with van der Waals surface area (Å²) in [5.41, 5.74) is 1.50. The van der Waals surface area contributed by atoms with Crippen LogP contribution in [-0.2, 0) is 11.3 Å². The van der Waals surface area contributed by atoms with Gasteiger partial charge in [-0.3, -0.25) is 4.79 Å². The second-order valence-electron chi connectivity index (χ2n) is 8.50. The van der Waals surface area contributed by atoms with E-state index in [4.69, 9.17) is 14.2 Å². The van der Waals surface area contributed by atoms with Crippen LogP contribution in [-0.4, -0.2) is 44.3 Å². The Kier molecular flexibility index (Phi) is 7.81. The summed E-state index contributed by atoms with van der Waals surface area (Å²) in [6.45, 7) is 7.61. The quantitative estimate of drug-likeness (QED) is 0.471. The van der Waals surface area contributed by atoms with Crippen molar-refractivity contribution in [3.05, 3.63) is 48.0 Å². The number of carbonyl (C=O) groups excluding carboxylic acids is 1. The fourth-order valence-electron chi connectivity index (χ4n) is 3.05. The molecule has 1 amide bonds. The van der Waals surface area contributed by atoms with Crippen LogP contribution in [0.1, 0.15) is 32.8 Å². The van der Waals surface area contributed by atoms with Crippen LogP contribution < -0.4 is 30.2 Å². The first-order chi connectivity index (χ1) is 15.3. The molecule has 8 nitrogen and oxygen atoms in total. The van der Waals surface area contributed by atoms with E-state index < -0.39 is 0 Å². The number of nitrogens with zero attached hydrogens (tertiary/aromatic N) is 1. The summed E-state index contributed by atoms with van der Waals surface area (Å²) < 4.78 is 16.7. The van der Waals surface area contributed by atoms with Crippen LogP contribution in [0.4, 0.5) is 5.69 Å². The number of ether oxygens (including phenoxy) is 3. The van der Waals surface area contributed by atoms with E-state index in [1.54, 1.807) is 7.11 Å². The van der Waals surface area contributed by atoms with Crippen LogP contribution in [0.2, 0.25) is 0 Å².